The number of hydrogen-bond acceptors (Lipinski definition) is 4. The minimum atomic E-state index is 0.662. The number of aliphatic imine (C=N–C) groups is 1. The summed E-state index contributed by atoms with van der Waals surface area (Å²) in [5, 5.41) is 3.59. The Morgan fingerprint density at radius 1 is 1.12 bits per heavy atom. The van der Waals surface area contributed by atoms with Crippen LogP contribution in [0.5, 0.6) is 0 Å². The van der Waals surface area contributed by atoms with Crippen LogP contribution in [0.15, 0.2) is 4.99 Å². The molecule has 3 heterocycles. The van der Waals surface area contributed by atoms with E-state index in [2.05, 4.69) is 31.9 Å². The van der Waals surface area contributed by atoms with E-state index in [1.165, 1.54) is 32.2 Å². The Hall–Kier alpha value is -0.850. The highest BCUT2D eigenvalue weighted by Gasteiger charge is 2.30. The van der Waals surface area contributed by atoms with Crippen LogP contribution >= 0.6 is 0 Å². The molecule has 3 aliphatic rings. The average molecular weight is 338 g/mol. The molecule has 6 heteroatoms. The lowest BCUT2D eigenvalue weighted by Crippen LogP contribution is -2.48. The van der Waals surface area contributed by atoms with Gasteiger partial charge in [-0.1, -0.05) is 6.42 Å². The van der Waals surface area contributed by atoms with Gasteiger partial charge < -0.3 is 15.0 Å². The van der Waals surface area contributed by atoms with E-state index >= 15 is 0 Å². The first-order chi connectivity index (χ1) is 11.8. The van der Waals surface area contributed by atoms with Crippen LogP contribution in [0.3, 0.4) is 0 Å². The molecule has 138 valence electrons. The summed E-state index contributed by atoms with van der Waals surface area (Å²) in [6, 6.07) is 1.40. The van der Waals surface area contributed by atoms with Gasteiger partial charge in [-0.05, 0) is 32.7 Å². The molecule has 3 saturated heterocycles. The molecule has 2 atom stereocenters. The maximum atomic E-state index is 5.48. The number of rotatable bonds is 4. The molecular formula is C18H35N5O. The molecule has 0 saturated carbocycles. The molecule has 0 aliphatic carbocycles. The zero-order valence-electron chi connectivity index (χ0n) is 15.5. The largest absolute Gasteiger partial charge is 0.379 e. The highest BCUT2D eigenvalue weighted by atomic mass is 16.5. The van der Waals surface area contributed by atoms with Gasteiger partial charge in [-0.25, -0.2) is 0 Å². The summed E-state index contributed by atoms with van der Waals surface area (Å²) < 4.78 is 5.48. The molecule has 0 aromatic carbocycles. The number of guanidine groups is 1. The molecule has 0 aromatic heterocycles. The molecule has 0 spiro atoms. The van der Waals surface area contributed by atoms with Gasteiger partial charge in [-0.2, -0.15) is 0 Å². The molecule has 3 fully saturated rings. The van der Waals surface area contributed by atoms with Crippen molar-refractivity contribution in [2.24, 2.45) is 4.99 Å². The first-order valence-electron chi connectivity index (χ1n) is 9.79. The van der Waals surface area contributed by atoms with Crippen LogP contribution in [0, 0.1) is 0 Å². The van der Waals surface area contributed by atoms with Crippen LogP contribution in [-0.4, -0.2) is 98.8 Å². The van der Waals surface area contributed by atoms with Crippen molar-refractivity contribution in [1.29, 1.82) is 0 Å². The number of ether oxygens (including phenoxy) is 1. The second kappa shape index (κ2) is 9.02. The summed E-state index contributed by atoms with van der Waals surface area (Å²) in [5.41, 5.74) is 0. The van der Waals surface area contributed by atoms with Gasteiger partial charge in [0.25, 0.3) is 0 Å². The fraction of sp³-hybridized carbons (Fsp3) is 0.944. The fourth-order valence-corrected chi connectivity index (χ4v) is 4.31. The predicted octanol–water partition coefficient (Wildman–Crippen LogP) is 0.843. The second-order valence-electron chi connectivity index (χ2n) is 7.39. The third-order valence-electron chi connectivity index (χ3n) is 5.86. The van der Waals surface area contributed by atoms with E-state index in [4.69, 9.17) is 4.74 Å². The van der Waals surface area contributed by atoms with Crippen LogP contribution in [0.2, 0.25) is 0 Å². The van der Waals surface area contributed by atoms with Crippen molar-refractivity contribution in [2.45, 2.75) is 44.7 Å². The Kier molecular flexibility index (Phi) is 6.75. The van der Waals surface area contributed by atoms with Crippen molar-refractivity contribution in [3.05, 3.63) is 0 Å². The van der Waals surface area contributed by atoms with Gasteiger partial charge in [0.1, 0.15) is 0 Å². The smallest absolute Gasteiger partial charge is 0.193 e. The van der Waals surface area contributed by atoms with Crippen LogP contribution in [0.25, 0.3) is 0 Å². The van der Waals surface area contributed by atoms with E-state index in [-0.39, 0.29) is 0 Å². The molecule has 1 N–H and O–H groups in total. The molecule has 0 amide bonds. The number of nitrogens with one attached hydrogen (secondary N) is 1. The van der Waals surface area contributed by atoms with E-state index in [0.717, 1.165) is 64.5 Å². The zero-order chi connectivity index (χ0) is 16.8. The van der Waals surface area contributed by atoms with E-state index in [9.17, 15) is 0 Å². The third kappa shape index (κ3) is 4.61. The van der Waals surface area contributed by atoms with Crippen LogP contribution in [-0.2, 0) is 4.74 Å². The van der Waals surface area contributed by atoms with E-state index in [1.54, 1.807) is 0 Å². The third-order valence-corrected chi connectivity index (χ3v) is 5.86. The van der Waals surface area contributed by atoms with Gasteiger partial charge in [0.2, 0.25) is 0 Å². The molecule has 0 radical (unpaired) electrons. The van der Waals surface area contributed by atoms with Gasteiger partial charge in [0.05, 0.1) is 13.2 Å². The second-order valence-corrected chi connectivity index (χ2v) is 7.39. The van der Waals surface area contributed by atoms with Crippen molar-refractivity contribution in [3.63, 3.8) is 0 Å². The first-order valence-corrected chi connectivity index (χ1v) is 9.79. The number of likely N-dealkylation sites (tertiary alicyclic amines) is 2. The maximum absolute atomic E-state index is 5.48. The summed E-state index contributed by atoms with van der Waals surface area (Å²) in [6.07, 6.45) is 5.34. The quantitative estimate of drug-likeness (QED) is 0.608. The lowest BCUT2D eigenvalue weighted by molar-refractivity contribution is 0.0195. The number of morpholine rings is 1. The SMILES string of the molecule is CN=C(NCCN1CCCCC1C)N1CCC(N2CCOCC2)C1. The van der Waals surface area contributed by atoms with E-state index in [0.29, 0.717) is 6.04 Å². The zero-order valence-corrected chi connectivity index (χ0v) is 15.5. The van der Waals surface area contributed by atoms with Crippen LogP contribution in [0.1, 0.15) is 32.6 Å². The molecule has 0 aromatic rings. The normalized spacial score (nSPS) is 30.8. The Balaban J connectivity index is 1.41. The Bertz CT molecular complexity index is 410. The van der Waals surface area contributed by atoms with Gasteiger partial charge in [-0.15, -0.1) is 0 Å². The van der Waals surface area contributed by atoms with Gasteiger partial charge in [0, 0.05) is 58.4 Å². The van der Waals surface area contributed by atoms with Crippen LogP contribution < -0.4 is 5.32 Å². The minimum absolute atomic E-state index is 0.662. The predicted molar refractivity (Wildman–Crippen MR) is 98.6 cm³/mol. The first kappa shape index (κ1) is 18.0. The van der Waals surface area contributed by atoms with Crippen molar-refractivity contribution in [2.75, 3.05) is 66.1 Å². The monoisotopic (exact) mass is 337 g/mol. The summed E-state index contributed by atoms with van der Waals surface area (Å²) in [7, 11) is 1.91. The molecule has 0 bridgehead atoms. The van der Waals surface area contributed by atoms with Crippen LogP contribution in [0.4, 0.5) is 0 Å². The summed E-state index contributed by atoms with van der Waals surface area (Å²) in [5.74, 6) is 1.08. The molecule has 2 unspecified atom stereocenters. The van der Waals surface area contributed by atoms with E-state index in [1.807, 2.05) is 7.05 Å². The lowest BCUT2D eigenvalue weighted by Gasteiger charge is -2.34. The molecule has 24 heavy (non-hydrogen) atoms. The Morgan fingerprint density at radius 2 is 1.96 bits per heavy atom. The highest BCUT2D eigenvalue weighted by molar-refractivity contribution is 5.80. The van der Waals surface area contributed by atoms with Crippen molar-refractivity contribution < 1.29 is 4.74 Å². The number of piperidine rings is 1. The molecule has 3 rings (SSSR count). The minimum Gasteiger partial charge on any atom is -0.379 e. The summed E-state index contributed by atoms with van der Waals surface area (Å²) in [4.78, 5) is 12.2. The number of nitrogens with zero attached hydrogens (tertiary/aromatic N) is 4. The van der Waals surface area contributed by atoms with Gasteiger partial charge in [0.15, 0.2) is 5.96 Å². The standard InChI is InChI=1S/C18H35N5O/c1-16-5-3-4-8-21(16)10-7-20-18(19-2)23-9-6-17(15-23)22-11-13-24-14-12-22/h16-17H,3-15H2,1-2H3,(H,19,20). The maximum Gasteiger partial charge on any atom is 0.193 e. The van der Waals surface area contributed by atoms with Gasteiger partial charge in [-0.3, -0.25) is 14.8 Å². The van der Waals surface area contributed by atoms with Crippen molar-refractivity contribution >= 4 is 5.96 Å². The Labute approximate surface area is 147 Å². The van der Waals surface area contributed by atoms with E-state index < -0.39 is 0 Å². The topological polar surface area (TPSA) is 43.3 Å². The lowest BCUT2D eigenvalue weighted by atomic mass is 10.0. The fourth-order valence-electron chi connectivity index (χ4n) is 4.31. The van der Waals surface area contributed by atoms with Gasteiger partial charge >= 0.3 is 0 Å². The molecule has 6 nitrogen and oxygen atoms in total. The highest BCUT2D eigenvalue weighted by Crippen LogP contribution is 2.17. The summed E-state index contributed by atoms with van der Waals surface area (Å²) >= 11 is 0. The Morgan fingerprint density at radius 3 is 2.71 bits per heavy atom. The average Bonchev–Trinajstić information content (AvgIpc) is 3.11. The number of hydrogen-bond donors (Lipinski definition) is 1. The molecular weight excluding hydrogens is 302 g/mol. The summed E-state index contributed by atoms with van der Waals surface area (Å²) in [6.45, 7) is 11.9. The van der Waals surface area contributed by atoms with Crippen molar-refractivity contribution in [3.8, 4) is 0 Å². The molecule has 3 aliphatic heterocycles. The van der Waals surface area contributed by atoms with Crippen molar-refractivity contribution in [1.82, 2.24) is 20.0 Å².